The van der Waals surface area contributed by atoms with Gasteiger partial charge in [-0.25, -0.2) is 0 Å². The minimum Gasteiger partial charge on any atom is -0.393 e. The topological polar surface area (TPSA) is 29.5 Å². The maximum atomic E-state index is 9.45. The summed E-state index contributed by atoms with van der Waals surface area (Å²) >= 11 is 0. The second kappa shape index (κ2) is 5.13. The molecule has 0 aliphatic heterocycles. The first kappa shape index (κ1) is 12.0. The van der Waals surface area contributed by atoms with Gasteiger partial charge in [-0.2, -0.15) is 0 Å². The first-order chi connectivity index (χ1) is 6.63. The summed E-state index contributed by atoms with van der Waals surface area (Å²) in [6, 6.07) is 0. The van der Waals surface area contributed by atoms with Crippen LogP contribution in [0.5, 0.6) is 0 Å². The molecule has 84 valence electrons. The van der Waals surface area contributed by atoms with E-state index >= 15 is 0 Å². The molecule has 1 rings (SSSR count). The molecule has 0 aromatic heterocycles. The van der Waals surface area contributed by atoms with Crippen LogP contribution in [-0.2, 0) is 4.74 Å². The molecule has 0 heterocycles. The van der Waals surface area contributed by atoms with Gasteiger partial charge in [0, 0.05) is 6.61 Å². The lowest BCUT2D eigenvalue weighted by Gasteiger charge is -2.40. The number of rotatable bonds is 4. The maximum Gasteiger partial charge on any atom is 0.0914 e. The molecule has 14 heavy (non-hydrogen) atoms. The van der Waals surface area contributed by atoms with E-state index in [2.05, 4.69) is 13.8 Å². The van der Waals surface area contributed by atoms with Gasteiger partial charge in [-0.3, -0.25) is 0 Å². The van der Waals surface area contributed by atoms with E-state index < -0.39 is 0 Å². The molecular formula is C12H24O2. The van der Waals surface area contributed by atoms with Gasteiger partial charge in [-0.05, 0) is 38.0 Å². The molecule has 0 aromatic carbocycles. The quantitative estimate of drug-likeness (QED) is 0.756. The summed E-state index contributed by atoms with van der Waals surface area (Å²) < 4.78 is 5.75. The fourth-order valence-corrected chi connectivity index (χ4v) is 2.56. The fourth-order valence-electron chi connectivity index (χ4n) is 2.56. The fraction of sp³-hybridized carbons (Fsp3) is 1.00. The van der Waals surface area contributed by atoms with Crippen LogP contribution < -0.4 is 0 Å². The highest BCUT2D eigenvalue weighted by molar-refractivity contribution is 4.88. The van der Waals surface area contributed by atoms with Gasteiger partial charge >= 0.3 is 0 Å². The molecule has 1 aliphatic carbocycles. The van der Waals surface area contributed by atoms with Gasteiger partial charge in [0.2, 0.25) is 0 Å². The van der Waals surface area contributed by atoms with E-state index in [9.17, 15) is 5.11 Å². The Balaban J connectivity index is 2.59. The standard InChI is InChI=1S/C12H24O2/c1-4-14-12(9-13)7-5-6-11(8-12)10(2)3/h10-11,13H,4-9H2,1-3H3. The van der Waals surface area contributed by atoms with E-state index in [1.54, 1.807) is 0 Å². The van der Waals surface area contributed by atoms with Crippen molar-refractivity contribution in [1.29, 1.82) is 0 Å². The Hall–Kier alpha value is -0.0800. The summed E-state index contributed by atoms with van der Waals surface area (Å²) in [6.45, 7) is 7.44. The lowest BCUT2D eigenvalue weighted by atomic mass is 9.74. The summed E-state index contributed by atoms with van der Waals surface area (Å²) in [6.07, 6.45) is 4.56. The molecule has 2 heteroatoms. The number of hydrogen-bond donors (Lipinski definition) is 1. The zero-order valence-corrected chi connectivity index (χ0v) is 9.75. The molecule has 2 nitrogen and oxygen atoms in total. The monoisotopic (exact) mass is 200 g/mol. The number of hydrogen-bond acceptors (Lipinski definition) is 2. The Morgan fingerprint density at radius 3 is 2.71 bits per heavy atom. The highest BCUT2D eigenvalue weighted by Gasteiger charge is 2.37. The van der Waals surface area contributed by atoms with Crippen LogP contribution in [0.1, 0.15) is 46.5 Å². The van der Waals surface area contributed by atoms with E-state index in [1.807, 2.05) is 6.92 Å². The second-order valence-corrected chi connectivity index (χ2v) is 4.87. The van der Waals surface area contributed by atoms with Crippen LogP contribution >= 0.6 is 0 Å². The van der Waals surface area contributed by atoms with Crippen LogP contribution in [0.2, 0.25) is 0 Å². The molecule has 2 unspecified atom stereocenters. The van der Waals surface area contributed by atoms with Crippen molar-refractivity contribution in [2.24, 2.45) is 11.8 Å². The largest absolute Gasteiger partial charge is 0.393 e. The zero-order chi connectivity index (χ0) is 10.6. The van der Waals surface area contributed by atoms with Gasteiger partial charge in [-0.1, -0.05) is 20.3 Å². The van der Waals surface area contributed by atoms with Crippen molar-refractivity contribution in [3.05, 3.63) is 0 Å². The predicted molar refractivity (Wildman–Crippen MR) is 58.2 cm³/mol. The van der Waals surface area contributed by atoms with Crippen molar-refractivity contribution >= 4 is 0 Å². The van der Waals surface area contributed by atoms with Crippen molar-refractivity contribution in [2.45, 2.75) is 52.1 Å². The Labute approximate surface area is 87.7 Å². The van der Waals surface area contributed by atoms with E-state index in [1.165, 1.54) is 12.8 Å². The third kappa shape index (κ3) is 2.71. The van der Waals surface area contributed by atoms with Gasteiger partial charge in [0.05, 0.1) is 12.2 Å². The highest BCUT2D eigenvalue weighted by Crippen LogP contribution is 2.38. The predicted octanol–water partition coefficient (Wildman–Crippen LogP) is 2.60. The normalized spacial score (nSPS) is 33.6. The number of aliphatic hydroxyl groups excluding tert-OH is 1. The van der Waals surface area contributed by atoms with Crippen LogP contribution in [0.25, 0.3) is 0 Å². The molecule has 0 saturated heterocycles. The van der Waals surface area contributed by atoms with Crippen molar-refractivity contribution in [3.8, 4) is 0 Å². The molecule has 1 aliphatic rings. The lowest BCUT2D eigenvalue weighted by Crippen LogP contribution is -2.42. The lowest BCUT2D eigenvalue weighted by molar-refractivity contribution is -0.112. The molecule has 0 spiro atoms. The molecule has 1 fully saturated rings. The van der Waals surface area contributed by atoms with Crippen molar-refractivity contribution in [2.75, 3.05) is 13.2 Å². The Kier molecular flexibility index (Phi) is 4.39. The van der Waals surface area contributed by atoms with Crippen LogP contribution in [0.3, 0.4) is 0 Å². The molecule has 0 bridgehead atoms. The first-order valence-electron chi connectivity index (χ1n) is 5.88. The average Bonchev–Trinajstić information content (AvgIpc) is 2.18. The van der Waals surface area contributed by atoms with Gasteiger partial charge in [0.25, 0.3) is 0 Å². The summed E-state index contributed by atoms with van der Waals surface area (Å²) in [5, 5.41) is 9.45. The van der Waals surface area contributed by atoms with Crippen molar-refractivity contribution in [1.82, 2.24) is 0 Å². The third-order valence-corrected chi connectivity index (χ3v) is 3.52. The molecule has 0 amide bonds. The van der Waals surface area contributed by atoms with Crippen LogP contribution in [0.4, 0.5) is 0 Å². The molecular weight excluding hydrogens is 176 g/mol. The molecule has 1 N–H and O–H groups in total. The SMILES string of the molecule is CCOC1(CO)CCCC(C(C)C)C1. The zero-order valence-electron chi connectivity index (χ0n) is 9.75. The van der Waals surface area contributed by atoms with Crippen molar-refractivity contribution < 1.29 is 9.84 Å². The van der Waals surface area contributed by atoms with Gasteiger partial charge < -0.3 is 9.84 Å². The minimum absolute atomic E-state index is 0.185. The minimum atomic E-state index is -0.220. The summed E-state index contributed by atoms with van der Waals surface area (Å²) in [5.74, 6) is 1.43. The van der Waals surface area contributed by atoms with Crippen LogP contribution in [-0.4, -0.2) is 23.9 Å². The smallest absolute Gasteiger partial charge is 0.0914 e. The van der Waals surface area contributed by atoms with Gasteiger partial charge in [-0.15, -0.1) is 0 Å². The van der Waals surface area contributed by atoms with E-state index in [0.717, 1.165) is 18.8 Å². The summed E-state index contributed by atoms with van der Waals surface area (Å²) in [5.41, 5.74) is -0.220. The molecule has 0 radical (unpaired) electrons. The second-order valence-electron chi connectivity index (χ2n) is 4.87. The number of aliphatic hydroxyl groups is 1. The molecule has 0 aromatic rings. The summed E-state index contributed by atoms with van der Waals surface area (Å²) in [4.78, 5) is 0. The summed E-state index contributed by atoms with van der Waals surface area (Å²) in [7, 11) is 0. The molecule has 1 saturated carbocycles. The highest BCUT2D eigenvalue weighted by atomic mass is 16.5. The average molecular weight is 200 g/mol. The number of ether oxygens (including phenoxy) is 1. The van der Waals surface area contributed by atoms with Crippen molar-refractivity contribution in [3.63, 3.8) is 0 Å². The Morgan fingerprint density at radius 1 is 1.50 bits per heavy atom. The van der Waals surface area contributed by atoms with Crippen LogP contribution in [0.15, 0.2) is 0 Å². The van der Waals surface area contributed by atoms with Gasteiger partial charge in [0.1, 0.15) is 0 Å². The maximum absolute atomic E-state index is 9.45. The van der Waals surface area contributed by atoms with E-state index in [4.69, 9.17) is 4.74 Å². The van der Waals surface area contributed by atoms with Gasteiger partial charge in [0.15, 0.2) is 0 Å². The first-order valence-corrected chi connectivity index (χ1v) is 5.88. The van der Waals surface area contributed by atoms with E-state index in [0.29, 0.717) is 12.5 Å². The Morgan fingerprint density at radius 2 is 2.21 bits per heavy atom. The van der Waals surface area contributed by atoms with Crippen LogP contribution in [0, 0.1) is 11.8 Å². The molecule has 2 atom stereocenters. The third-order valence-electron chi connectivity index (χ3n) is 3.52. The van der Waals surface area contributed by atoms with E-state index in [-0.39, 0.29) is 12.2 Å². The Bertz CT molecular complexity index is 164.